The summed E-state index contributed by atoms with van der Waals surface area (Å²) in [5.41, 5.74) is 1.16. The molecule has 1 unspecified atom stereocenters. The minimum Gasteiger partial charge on any atom is -0.496 e. The summed E-state index contributed by atoms with van der Waals surface area (Å²) in [5.74, 6) is 0.533. The summed E-state index contributed by atoms with van der Waals surface area (Å²) in [6.45, 7) is 6.74. The van der Waals surface area contributed by atoms with E-state index in [4.69, 9.17) is 25.8 Å². The van der Waals surface area contributed by atoms with Crippen LogP contribution in [0.3, 0.4) is 0 Å². The van der Waals surface area contributed by atoms with Crippen molar-refractivity contribution in [3.05, 3.63) is 58.1 Å². The molecule has 0 aromatic heterocycles. The Labute approximate surface area is 235 Å². The average molecular weight is 559 g/mol. The molecule has 2 aliphatic rings. The minimum absolute atomic E-state index is 0.163. The van der Waals surface area contributed by atoms with E-state index in [-0.39, 0.29) is 18.6 Å². The van der Waals surface area contributed by atoms with Crippen molar-refractivity contribution >= 4 is 23.6 Å². The van der Waals surface area contributed by atoms with Gasteiger partial charge in [-0.2, -0.15) is 0 Å². The molecule has 8 nitrogen and oxygen atoms in total. The number of ether oxygens (including phenoxy) is 3. The number of amides is 2. The molecule has 2 saturated carbocycles. The van der Waals surface area contributed by atoms with Crippen molar-refractivity contribution in [1.82, 2.24) is 10.2 Å². The van der Waals surface area contributed by atoms with Crippen LogP contribution in [0, 0.1) is 5.41 Å². The Hall–Kier alpha value is -2.97. The van der Waals surface area contributed by atoms with E-state index in [0.29, 0.717) is 47.5 Å². The highest BCUT2D eigenvalue weighted by molar-refractivity contribution is 6.33. The molecule has 2 aromatic carbocycles. The summed E-state index contributed by atoms with van der Waals surface area (Å²) >= 11 is 6.89. The first-order valence-electron chi connectivity index (χ1n) is 13.4. The zero-order valence-corrected chi connectivity index (χ0v) is 24.1. The number of carbonyl (C=O) groups excluding carboxylic acids is 1. The molecule has 9 heteroatoms. The average Bonchev–Trinajstić information content (AvgIpc) is 3.72. The van der Waals surface area contributed by atoms with Gasteiger partial charge in [-0.1, -0.05) is 55.8 Å². The van der Waals surface area contributed by atoms with Gasteiger partial charge < -0.3 is 29.5 Å². The molecule has 0 spiro atoms. The number of halogens is 1. The lowest BCUT2D eigenvalue weighted by Gasteiger charge is -2.51. The van der Waals surface area contributed by atoms with Gasteiger partial charge in [0.05, 0.1) is 38.5 Å². The summed E-state index contributed by atoms with van der Waals surface area (Å²) < 4.78 is 17.3. The van der Waals surface area contributed by atoms with E-state index in [0.717, 1.165) is 24.0 Å². The van der Waals surface area contributed by atoms with Crippen LogP contribution in [0.5, 0.6) is 11.5 Å². The Balaban J connectivity index is 1.60. The summed E-state index contributed by atoms with van der Waals surface area (Å²) in [6, 6.07) is 10.6. The second-order valence-electron chi connectivity index (χ2n) is 11.4. The van der Waals surface area contributed by atoms with Crippen molar-refractivity contribution in [2.75, 3.05) is 27.4 Å². The fourth-order valence-corrected chi connectivity index (χ4v) is 6.18. The Morgan fingerprint density at radius 2 is 1.82 bits per heavy atom. The van der Waals surface area contributed by atoms with Gasteiger partial charge in [-0.15, -0.1) is 0 Å². The fourth-order valence-electron chi connectivity index (χ4n) is 5.79. The maximum atomic E-state index is 13.7. The SMILES string of the molecule is COc1cc(C(C)N(CCOCc2ccccc2)C(=O)NC2(C(=O)O)CC(C)(C)C2)c(Cl)c(OC)c1C1CC1. The molecule has 2 fully saturated rings. The lowest BCUT2D eigenvalue weighted by atomic mass is 9.59. The van der Waals surface area contributed by atoms with Gasteiger partial charge in [0.1, 0.15) is 17.0 Å². The molecule has 0 aliphatic heterocycles. The molecule has 0 heterocycles. The molecule has 0 radical (unpaired) electrons. The van der Waals surface area contributed by atoms with Gasteiger partial charge in [-0.3, -0.25) is 0 Å². The fraction of sp³-hybridized carbons (Fsp3) is 0.533. The number of aliphatic carboxylic acids is 1. The van der Waals surface area contributed by atoms with E-state index < -0.39 is 23.6 Å². The van der Waals surface area contributed by atoms with Crippen LogP contribution in [0.4, 0.5) is 4.79 Å². The Bertz CT molecular complexity index is 1190. The zero-order valence-electron chi connectivity index (χ0n) is 23.4. The molecule has 2 amide bonds. The van der Waals surface area contributed by atoms with E-state index in [1.165, 1.54) is 0 Å². The number of rotatable bonds is 12. The van der Waals surface area contributed by atoms with E-state index >= 15 is 0 Å². The van der Waals surface area contributed by atoms with Crippen LogP contribution in [-0.2, 0) is 16.1 Å². The Kier molecular flexibility index (Phi) is 8.66. The summed E-state index contributed by atoms with van der Waals surface area (Å²) in [4.78, 5) is 27.5. The maximum Gasteiger partial charge on any atom is 0.329 e. The third kappa shape index (κ3) is 6.28. The van der Waals surface area contributed by atoms with Gasteiger partial charge in [0.2, 0.25) is 0 Å². The summed E-state index contributed by atoms with van der Waals surface area (Å²) in [6.07, 6.45) is 2.79. The van der Waals surface area contributed by atoms with Gasteiger partial charge in [0.15, 0.2) is 0 Å². The molecular formula is C30H39ClN2O6. The number of nitrogens with one attached hydrogen (secondary N) is 1. The molecule has 1 atom stereocenters. The topological polar surface area (TPSA) is 97.3 Å². The number of methoxy groups -OCH3 is 2. The van der Waals surface area contributed by atoms with Crippen LogP contribution >= 0.6 is 11.6 Å². The largest absolute Gasteiger partial charge is 0.496 e. The molecule has 2 N–H and O–H groups in total. The predicted molar refractivity (Wildman–Crippen MR) is 150 cm³/mol. The second kappa shape index (κ2) is 11.6. The first kappa shape index (κ1) is 29.0. The van der Waals surface area contributed by atoms with Gasteiger partial charge in [-0.05, 0) is 55.6 Å². The number of nitrogens with zero attached hydrogens (tertiary/aromatic N) is 1. The van der Waals surface area contributed by atoms with E-state index in [1.54, 1.807) is 19.1 Å². The number of hydrogen-bond donors (Lipinski definition) is 2. The van der Waals surface area contributed by atoms with Crippen LogP contribution in [0.1, 0.15) is 75.1 Å². The van der Waals surface area contributed by atoms with Crippen molar-refractivity contribution in [2.24, 2.45) is 5.41 Å². The van der Waals surface area contributed by atoms with Gasteiger partial charge in [0.25, 0.3) is 0 Å². The minimum atomic E-state index is -1.31. The molecule has 0 bridgehead atoms. The highest BCUT2D eigenvalue weighted by Gasteiger charge is 2.56. The lowest BCUT2D eigenvalue weighted by Crippen LogP contribution is -2.67. The van der Waals surface area contributed by atoms with Crippen molar-refractivity contribution in [3.63, 3.8) is 0 Å². The van der Waals surface area contributed by atoms with E-state index in [2.05, 4.69) is 5.32 Å². The number of urea groups is 1. The molecule has 2 aliphatic carbocycles. The van der Waals surface area contributed by atoms with Gasteiger partial charge >= 0.3 is 12.0 Å². The van der Waals surface area contributed by atoms with Gasteiger partial charge in [-0.25, -0.2) is 9.59 Å². The van der Waals surface area contributed by atoms with Gasteiger partial charge in [0, 0.05) is 17.7 Å². The van der Waals surface area contributed by atoms with Crippen LogP contribution in [-0.4, -0.2) is 54.9 Å². The second-order valence-corrected chi connectivity index (χ2v) is 11.8. The summed E-state index contributed by atoms with van der Waals surface area (Å²) in [7, 11) is 3.19. The lowest BCUT2D eigenvalue weighted by molar-refractivity contribution is -0.154. The normalized spacial score (nSPS) is 18.0. The van der Waals surface area contributed by atoms with Crippen molar-refractivity contribution < 1.29 is 28.9 Å². The van der Waals surface area contributed by atoms with Crippen LogP contribution in [0.2, 0.25) is 5.02 Å². The summed E-state index contributed by atoms with van der Waals surface area (Å²) in [5, 5.41) is 13.3. The van der Waals surface area contributed by atoms with E-state index in [9.17, 15) is 14.7 Å². The number of carboxylic acids is 1. The first-order valence-corrected chi connectivity index (χ1v) is 13.8. The molecule has 2 aromatic rings. The Morgan fingerprint density at radius 3 is 2.36 bits per heavy atom. The highest BCUT2D eigenvalue weighted by atomic mass is 35.5. The molecule has 0 saturated heterocycles. The number of carboxylic acid groups (broad SMARTS) is 1. The molecular weight excluding hydrogens is 520 g/mol. The van der Waals surface area contributed by atoms with Crippen LogP contribution < -0.4 is 14.8 Å². The van der Waals surface area contributed by atoms with Crippen molar-refractivity contribution in [2.45, 2.75) is 70.6 Å². The third-order valence-corrected chi connectivity index (χ3v) is 8.13. The van der Waals surface area contributed by atoms with Crippen molar-refractivity contribution in [1.29, 1.82) is 0 Å². The Morgan fingerprint density at radius 1 is 1.15 bits per heavy atom. The standard InChI is InChI=1S/C30H39ClN2O6/c1-19(22-15-23(37-4)24(21-11-12-21)26(38-5)25(22)31)33(13-14-39-16-20-9-7-6-8-10-20)28(36)32-30(27(34)35)17-29(2,3)18-30/h6-10,15,19,21H,11-14,16-18H2,1-5H3,(H,32,36)(H,34,35). The quantitative estimate of drug-likeness (QED) is 0.302. The smallest absolute Gasteiger partial charge is 0.329 e. The highest BCUT2D eigenvalue weighted by Crippen LogP contribution is 2.53. The molecule has 39 heavy (non-hydrogen) atoms. The van der Waals surface area contributed by atoms with Crippen LogP contribution in [0.15, 0.2) is 36.4 Å². The zero-order chi connectivity index (χ0) is 28.4. The monoisotopic (exact) mass is 558 g/mol. The van der Waals surface area contributed by atoms with E-state index in [1.807, 2.05) is 57.2 Å². The van der Waals surface area contributed by atoms with Crippen molar-refractivity contribution in [3.8, 4) is 11.5 Å². The predicted octanol–water partition coefficient (Wildman–Crippen LogP) is 6.17. The first-order chi connectivity index (χ1) is 18.5. The number of hydrogen-bond acceptors (Lipinski definition) is 5. The maximum absolute atomic E-state index is 13.7. The molecule has 4 rings (SSSR count). The molecule has 212 valence electrons. The van der Waals surface area contributed by atoms with Crippen LogP contribution in [0.25, 0.3) is 0 Å². The number of benzene rings is 2. The number of carbonyl (C=O) groups is 2. The third-order valence-electron chi connectivity index (χ3n) is 7.74.